The molecule has 1 aliphatic rings. The van der Waals surface area contributed by atoms with E-state index >= 15 is 0 Å². The van der Waals surface area contributed by atoms with E-state index in [-0.39, 0.29) is 6.54 Å². The normalized spacial score (nSPS) is 23.7. The lowest BCUT2D eigenvalue weighted by atomic mass is 10.4. The predicted octanol–water partition coefficient (Wildman–Crippen LogP) is -0.446. The van der Waals surface area contributed by atoms with Crippen molar-refractivity contribution in [2.45, 2.75) is 0 Å². The molecule has 17 heavy (non-hydrogen) atoms. The molecule has 0 aromatic heterocycles. The Morgan fingerprint density at radius 2 is 1.71 bits per heavy atom. The van der Waals surface area contributed by atoms with Gasteiger partial charge in [-0.25, -0.2) is 0 Å². The summed E-state index contributed by atoms with van der Waals surface area (Å²) in [5.41, 5.74) is 0. The van der Waals surface area contributed by atoms with Gasteiger partial charge in [-0.1, -0.05) is 0 Å². The Labute approximate surface area is 104 Å². The molecule has 0 saturated carbocycles. The van der Waals surface area contributed by atoms with Gasteiger partial charge in [0.15, 0.2) is 0 Å². The minimum atomic E-state index is -1.09. The predicted molar refractivity (Wildman–Crippen MR) is 68.2 cm³/mol. The van der Waals surface area contributed by atoms with Crippen LogP contribution in [-0.2, 0) is 4.79 Å². The van der Waals surface area contributed by atoms with Crippen LogP contribution in [0.1, 0.15) is 0 Å². The first-order chi connectivity index (χ1) is 7.99. The summed E-state index contributed by atoms with van der Waals surface area (Å²) in [6.45, 7) is 6.72. The SMILES string of the molecule is CN1CCN(CC(=O)O)CCN(P(C)O)CC1. The van der Waals surface area contributed by atoms with E-state index in [1.54, 1.807) is 0 Å². The van der Waals surface area contributed by atoms with Crippen LogP contribution in [-0.4, -0.2) is 90.0 Å². The van der Waals surface area contributed by atoms with E-state index in [1.165, 1.54) is 0 Å². The molecule has 0 bridgehead atoms. The minimum Gasteiger partial charge on any atom is -0.480 e. The maximum Gasteiger partial charge on any atom is 0.317 e. The molecule has 2 N–H and O–H groups in total. The summed E-state index contributed by atoms with van der Waals surface area (Å²) in [6.07, 6.45) is 0. The molecule has 0 aromatic rings. The number of nitrogens with zero attached hydrogens (tertiary/aromatic N) is 3. The molecule has 7 heteroatoms. The van der Waals surface area contributed by atoms with Crippen molar-refractivity contribution >= 4 is 14.3 Å². The fraction of sp³-hybridized carbons (Fsp3) is 0.900. The second kappa shape index (κ2) is 7.24. The van der Waals surface area contributed by atoms with Crippen LogP contribution < -0.4 is 0 Å². The van der Waals surface area contributed by atoms with E-state index in [0.29, 0.717) is 6.54 Å². The Kier molecular flexibility index (Phi) is 6.30. The van der Waals surface area contributed by atoms with Crippen molar-refractivity contribution in [1.82, 2.24) is 14.5 Å². The van der Waals surface area contributed by atoms with Crippen LogP contribution in [0, 0.1) is 0 Å². The van der Waals surface area contributed by atoms with Crippen LogP contribution in [0.15, 0.2) is 0 Å². The van der Waals surface area contributed by atoms with Gasteiger partial charge in [0.1, 0.15) is 0 Å². The third kappa shape index (κ3) is 5.75. The van der Waals surface area contributed by atoms with Gasteiger partial charge < -0.3 is 14.9 Å². The molecule has 0 aromatic carbocycles. The van der Waals surface area contributed by atoms with Crippen LogP contribution in [0.2, 0.25) is 0 Å². The van der Waals surface area contributed by atoms with Crippen LogP contribution >= 0.6 is 8.30 Å². The van der Waals surface area contributed by atoms with E-state index in [9.17, 15) is 9.69 Å². The molecule has 1 unspecified atom stereocenters. The fourth-order valence-electron chi connectivity index (χ4n) is 1.83. The highest BCUT2D eigenvalue weighted by Gasteiger charge is 2.18. The first kappa shape index (κ1) is 14.8. The molecule has 1 aliphatic heterocycles. The minimum absolute atomic E-state index is 0.0781. The molecule has 0 spiro atoms. The quantitative estimate of drug-likeness (QED) is 0.673. The molecule has 0 radical (unpaired) electrons. The molecular weight excluding hydrogens is 241 g/mol. The first-order valence-electron chi connectivity index (χ1n) is 5.79. The van der Waals surface area contributed by atoms with E-state index < -0.39 is 14.3 Å². The standard InChI is InChI=1S/C10H22N3O3P/c1-11-3-5-12(9-10(14)15)6-8-13(7-4-11)17(2)16/h16H,3-9H2,1-2H3,(H,14,15). The van der Waals surface area contributed by atoms with Gasteiger partial charge in [-0.05, 0) is 13.7 Å². The van der Waals surface area contributed by atoms with Gasteiger partial charge in [0.05, 0.1) is 14.8 Å². The van der Waals surface area contributed by atoms with Gasteiger partial charge in [-0.15, -0.1) is 0 Å². The number of aliphatic carboxylic acids is 1. The molecular formula is C10H22N3O3P. The van der Waals surface area contributed by atoms with Gasteiger partial charge >= 0.3 is 5.97 Å². The maximum absolute atomic E-state index is 10.7. The number of carbonyl (C=O) groups is 1. The van der Waals surface area contributed by atoms with E-state index in [1.807, 2.05) is 23.3 Å². The Morgan fingerprint density at radius 1 is 1.18 bits per heavy atom. The third-order valence-electron chi connectivity index (χ3n) is 2.98. The Balaban J connectivity index is 2.56. The number of rotatable bonds is 3. The van der Waals surface area contributed by atoms with Crippen molar-refractivity contribution in [3.63, 3.8) is 0 Å². The van der Waals surface area contributed by atoms with Crippen molar-refractivity contribution in [3.8, 4) is 0 Å². The molecule has 1 saturated heterocycles. The Morgan fingerprint density at radius 3 is 2.29 bits per heavy atom. The van der Waals surface area contributed by atoms with Gasteiger partial charge in [0, 0.05) is 39.3 Å². The summed E-state index contributed by atoms with van der Waals surface area (Å²) in [7, 11) is 0.940. The van der Waals surface area contributed by atoms with Crippen molar-refractivity contribution in [2.75, 3.05) is 59.5 Å². The van der Waals surface area contributed by atoms with Crippen molar-refractivity contribution in [2.24, 2.45) is 0 Å². The van der Waals surface area contributed by atoms with Crippen molar-refractivity contribution in [3.05, 3.63) is 0 Å². The number of carboxylic acids is 1. The maximum atomic E-state index is 10.7. The van der Waals surface area contributed by atoms with Crippen molar-refractivity contribution in [1.29, 1.82) is 0 Å². The van der Waals surface area contributed by atoms with Crippen LogP contribution in [0.5, 0.6) is 0 Å². The first-order valence-corrected chi connectivity index (χ1v) is 7.48. The molecule has 6 nitrogen and oxygen atoms in total. The highest BCUT2D eigenvalue weighted by molar-refractivity contribution is 7.48. The molecule has 1 rings (SSSR count). The number of hydrogen-bond donors (Lipinski definition) is 2. The summed E-state index contributed by atoms with van der Waals surface area (Å²) in [5, 5.41) is 8.82. The number of likely N-dealkylation sites (N-methyl/N-ethyl adjacent to an activating group) is 1. The monoisotopic (exact) mass is 263 g/mol. The summed E-state index contributed by atoms with van der Waals surface area (Å²) >= 11 is 0. The average molecular weight is 263 g/mol. The van der Waals surface area contributed by atoms with E-state index in [2.05, 4.69) is 4.90 Å². The van der Waals surface area contributed by atoms with Gasteiger partial charge in [-0.3, -0.25) is 14.4 Å². The summed E-state index contributed by atoms with van der Waals surface area (Å²) in [4.78, 5) is 24.5. The molecule has 1 atom stereocenters. The lowest BCUT2D eigenvalue weighted by molar-refractivity contribution is -0.138. The average Bonchev–Trinajstić information content (AvgIpc) is 2.30. The zero-order valence-electron chi connectivity index (χ0n) is 10.5. The smallest absolute Gasteiger partial charge is 0.317 e. The third-order valence-corrected chi connectivity index (χ3v) is 4.20. The Bertz CT molecular complexity index is 253. The van der Waals surface area contributed by atoms with Crippen molar-refractivity contribution < 1.29 is 14.8 Å². The molecule has 0 aliphatic carbocycles. The zero-order chi connectivity index (χ0) is 12.8. The van der Waals surface area contributed by atoms with Gasteiger partial charge in [0.25, 0.3) is 0 Å². The largest absolute Gasteiger partial charge is 0.480 e. The lowest BCUT2D eigenvalue weighted by Crippen LogP contribution is -2.38. The number of hydrogen-bond acceptors (Lipinski definition) is 5. The molecule has 0 amide bonds. The lowest BCUT2D eigenvalue weighted by Gasteiger charge is -2.26. The second-order valence-corrected chi connectivity index (χ2v) is 5.96. The Hall–Kier alpha value is -0.260. The van der Waals surface area contributed by atoms with Crippen LogP contribution in [0.25, 0.3) is 0 Å². The van der Waals surface area contributed by atoms with E-state index in [4.69, 9.17) is 5.11 Å². The summed E-state index contributed by atoms with van der Waals surface area (Å²) in [5.74, 6) is -0.791. The second-order valence-electron chi connectivity index (χ2n) is 4.42. The van der Waals surface area contributed by atoms with Gasteiger partial charge in [-0.2, -0.15) is 0 Å². The number of carboxylic acid groups (broad SMARTS) is 1. The molecule has 100 valence electrons. The van der Waals surface area contributed by atoms with Gasteiger partial charge in [0.2, 0.25) is 0 Å². The van der Waals surface area contributed by atoms with Crippen LogP contribution in [0.3, 0.4) is 0 Å². The highest BCUT2D eigenvalue weighted by Crippen LogP contribution is 2.29. The zero-order valence-corrected chi connectivity index (χ0v) is 11.4. The fourth-order valence-corrected chi connectivity index (χ4v) is 2.59. The van der Waals surface area contributed by atoms with Crippen LogP contribution in [0.4, 0.5) is 0 Å². The van der Waals surface area contributed by atoms with E-state index in [0.717, 1.165) is 32.7 Å². The molecule has 1 heterocycles. The summed E-state index contributed by atoms with van der Waals surface area (Å²) < 4.78 is 2.03. The highest BCUT2D eigenvalue weighted by atomic mass is 31.2. The molecule has 1 fully saturated rings. The summed E-state index contributed by atoms with van der Waals surface area (Å²) in [6, 6.07) is 0. The topological polar surface area (TPSA) is 67.2 Å².